The Labute approximate surface area is 116 Å². The summed E-state index contributed by atoms with van der Waals surface area (Å²) in [7, 11) is 0. The lowest BCUT2D eigenvalue weighted by Gasteiger charge is -2.07. The number of carbonyl (C=O) groups is 2. The largest absolute Gasteiger partial charge is 0.354 e. The molecule has 4 nitrogen and oxygen atoms in total. The standard InChI is InChI=1S/C12H14Cl2N2O2/c1-2-11(17)15-5-6-16-12(18)9-4-3-8(13)7-10(9)14/h3-4,7H,2,5-6H2,1H3,(H,15,17)(H,16,18). The third-order valence-corrected chi connectivity index (χ3v) is 2.78. The van der Waals surface area contributed by atoms with Crippen LogP contribution in [0.15, 0.2) is 18.2 Å². The number of halogens is 2. The van der Waals surface area contributed by atoms with Crippen molar-refractivity contribution in [3.8, 4) is 0 Å². The van der Waals surface area contributed by atoms with Crippen LogP contribution < -0.4 is 10.6 Å². The highest BCUT2D eigenvalue weighted by atomic mass is 35.5. The quantitative estimate of drug-likeness (QED) is 0.817. The molecule has 0 atom stereocenters. The van der Waals surface area contributed by atoms with Crippen LogP contribution >= 0.6 is 23.2 Å². The van der Waals surface area contributed by atoms with Crippen LogP contribution in [0.5, 0.6) is 0 Å². The molecule has 18 heavy (non-hydrogen) atoms. The second-order valence-corrected chi connectivity index (χ2v) is 4.43. The van der Waals surface area contributed by atoms with Crippen LogP contribution in [0.2, 0.25) is 10.0 Å². The van der Waals surface area contributed by atoms with Crippen molar-refractivity contribution in [1.29, 1.82) is 0 Å². The Bertz CT molecular complexity index is 450. The van der Waals surface area contributed by atoms with Gasteiger partial charge in [-0.3, -0.25) is 9.59 Å². The molecule has 6 heteroatoms. The molecule has 0 fully saturated rings. The predicted octanol–water partition coefficient (Wildman–Crippen LogP) is 2.25. The number of hydrogen-bond acceptors (Lipinski definition) is 2. The monoisotopic (exact) mass is 288 g/mol. The third kappa shape index (κ3) is 4.55. The van der Waals surface area contributed by atoms with Gasteiger partial charge in [-0.15, -0.1) is 0 Å². The molecule has 2 amide bonds. The molecular weight excluding hydrogens is 275 g/mol. The molecule has 0 aliphatic carbocycles. The van der Waals surface area contributed by atoms with Crippen molar-refractivity contribution in [2.75, 3.05) is 13.1 Å². The van der Waals surface area contributed by atoms with Crippen molar-refractivity contribution in [1.82, 2.24) is 10.6 Å². The first kappa shape index (κ1) is 14.8. The number of carbonyl (C=O) groups excluding carboxylic acids is 2. The molecule has 2 N–H and O–H groups in total. The molecule has 0 aliphatic heterocycles. The summed E-state index contributed by atoms with van der Waals surface area (Å²) >= 11 is 11.6. The van der Waals surface area contributed by atoms with Crippen LogP contribution in [0.3, 0.4) is 0 Å². The van der Waals surface area contributed by atoms with Crippen molar-refractivity contribution in [2.45, 2.75) is 13.3 Å². The minimum Gasteiger partial charge on any atom is -0.354 e. The second-order valence-electron chi connectivity index (χ2n) is 3.58. The molecule has 0 spiro atoms. The van der Waals surface area contributed by atoms with Gasteiger partial charge in [0.1, 0.15) is 0 Å². The van der Waals surface area contributed by atoms with Gasteiger partial charge >= 0.3 is 0 Å². The van der Waals surface area contributed by atoms with Gasteiger partial charge < -0.3 is 10.6 Å². The molecule has 98 valence electrons. The summed E-state index contributed by atoms with van der Waals surface area (Å²) in [5.41, 5.74) is 0.364. The Hall–Kier alpha value is -1.26. The average molecular weight is 289 g/mol. The lowest BCUT2D eigenvalue weighted by Crippen LogP contribution is -2.34. The van der Waals surface area contributed by atoms with Gasteiger partial charge in [0, 0.05) is 24.5 Å². The number of nitrogens with one attached hydrogen (secondary N) is 2. The summed E-state index contributed by atoms with van der Waals surface area (Å²) in [6.45, 7) is 2.51. The van der Waals surface area contributed by atoms with Gasteiger partial charge in [-0.05, 0) is 18.2 Å². The van der Waals surface area contributed by atoms with E-state index in [9.17, 15) is 9.59 Å². The molecule has 0 bridgehead atoms. The van der Waals surface area contributed by atoms with Crippen molar-refractivity contribution in [3.05, 3.63) is 33.8 Å². The average Bonchev–Trinajstić information content (AvgIpc) is 2.34. The molecule has 0 aliphatic rings. The van der Waals surface area contributed by atoms with Gasteiger partial charge in [0.15, 0.2) is 0 Å². The molecule has 1 aromatic rings. The fourth-order valence-corrected chi connectivity index (χ4v) is 1.77. The molecule has 1 rings (SSSR count). The van der Waals surface area contributed by atoms with Gasteiger partial charge in [0.05, 0.1) is 10.6 Å². The Morgan fingerprint density at radius 3 is 2.44 bits per heavy atom. The zero-order chi connectivity index (χ0) is 13.5. The summed E-state index contributed by atoms with van der Waals surface area (Å²) in [4.78, 5) is 22.7. The summed E-state index contributed by atoms with van der Waals surface area (Å²) in [5.74, 6) is -0.337. The van der Waals surface area contributed by atoms with Crippen molar-refractivity contribution < 1.29 is 9.59 Å². The Kier molecular flexibility index (Phi) is 5.95. The maximum absolute atomic E-state index is 11.7. The maximum Gasteiger partial charge on any atom is 0.252 e. The van der Waals surface area contributed by atoms with Crippen LogP contribution in [0.4, 0.5) is 0 Å². The highest BCUT2D eigenvalue weighted by Gasteiger charge is 2.09. The lowest BCUT2D eigenvalue weighted by atomic mass is 10.2. The minimum atomic E-state index is -0.289. The number of hydrogen-bond donors (Lipinski definition) is 2. The third-order valence-electron chi connectivity index (χ3n) is 2.23. The predicted molar refractivity (Wildman–Crippen MR) is 72.1 cm³/mol. The van der Waals surface area contributed by atoms with E-state index in [-0.39, 0.29) is 11.8 Å². The number of benzene rings is 1. The summed E-state index contributed by atoms with van der Waals surface area (Å²) in [5, 5.41) is 6.09. The lowest BCUT2D eigenvalue weighted by molar-refractivity contribution is -0.120. The highest BCUT2D eigenvalue weighted by molar-refractivity contribution is 6.36. The van der Waals surface area contributed by atoms with Gasteiger partial charge in [0.2, 0.25) is 5.91 Å². The summed E-state index contributed by atoms with van der Waals surface area (Å²) in [6, 6.07) is 4.67. The van der Waals surface area contributed by atoms with Crippen molar-refractivity contribution >= 4 is 35.0 Å². The van der Waals surface area contributed by atoms with Crippen LogP contribution in [-0.4, -0.2) is 24.9 Å². The van der Waals surface area contributed by atoms with Crippen molar-refractivity contribution in [2.24, 2.45) is 0 Å². The van der Waals surface area contributed by atoms with Crippen molar-refractivity contribution in [3.63, 3.8) is 0 Å². The zero-order valence-corrected chi connectivity index (χ0v) is 11.4. The number of amides is 2. The normalized spacial score (nSPS) is 9.94. The highest BCUT2D eigenvalue weighted by Crippen LogP contribution is 2.20. The van der Waals surface area contributed by atoms with Crippen LogP contribution in [0.25, 0.3) is 0 Å². The molecular formula is C12H14Cl2N2O2. The molecule has 0 heterocycles. The Balaban J connectivity index is 2.43. The van der Waals surface area contributed by atoms with E-state index >= 15 is 0 Å². The fraction of sp³-hybridized carbons (Fsp3) is 0.333. The van der Waals surface area contributed by atoms with E-state index < -0.39 is 0 Å². The molecule has 0 radical (unpaired) electrons. The second kappa shape index (κ2) is 7.24. The smallest absolute Gasteiger partial charge is 0.252 e. The first-order valence-electron chi connectivity index (χ1n) is 5.54. The van der Waals surface area contributed by atoms with Crippen LogP contribution in [0.1, 0.15) is 23.7 Å². The first-order chi connectivity index (χ1) is 8.54. The molecule has 0 saturated carbocycles. The van der Waals surface area contributed by atoms with E-state index in [0.29, 0.717) is 35.1 Å². The SMILES string of the molecule is CCC(=O)NCCNC(=O)c1ccc(Cl)cc1Cl. The van der Waals surface area contributed by atoms with E-state index in [4.69, 9.17) is 23.2 Å². The number of rotatable bonds is 5. The van der Waals surface area contributed by atoms with E-state index in [0.717, 1.165) is 0 Å². The summed E-state index contributed by atoms with van der Waals surface area (Å²) in [6.07, 6.45) is 0.428. The van der Waals surface area contributed by atoms with Crippen LogP contribution in [-0.2, 0) is 4.79 Å². The fourth-order valence-electron chi connectivity index (χ4n) is 1.27. The molecule has 0 aromatic heterocycles. The van der Waals surface area contributed by atoms with E-state index in [1.165, 1.54) is 6.07 Å². The first-order valence-corrected chi connectivity index (χ1v) is 6.30. The van der Waals surface area contributed by atoms with E-state index in [1.807, 2.05) is 0 Å². The Morgan fingerprint density at radius 1 is 1.17 bits per heavy atom. The van der Waals surface area contributed by atoms with E-state index in [1.54, 1.807) is 19.1 Å². The van der Waals surface area contributed by atoms with Gasteiger partial charge in [0.25, 0.3) is 5.91 Å². The minimum absolute atomic E-state index is 0.0474. The zero-order valence-electron chi connectivity index (χ0n) is 9.93. The topological polar surface area (TPSA) is 58.2 Å². The van der Waals surface area contributed by atoms with Gasteiger partial charge in [-0.2, -0.15) is 0 Å². The van der Waals surface area contributed by atoms with E-state index in [2.05, 4.69) is 10.6 Å². The Morgan fingerprint density at radius 2 is 1.83 bits per heavy atom. The molecule has 1 aromatic carbocycles. The maximum atomic E-state index is 11.7. The van der Waals surface area contributed by atoms with Gasteiger partial charge in [-0.1, -0.05) is 30.1 Å². The molecule has 0 saturated heterocycles. The van der Waals surface area contributed by atoms with Gasteiger partial charge in [-0.25, -0.2) is 0 Å². The van der Waals surface area contributed by atoms with Crippen LogP contribution in [0, 0.1) is 0 Å². The molecule has 0 unspecified atom stereocenters. The summed E-state index contributed by atoms with van der Waals surface area (Å²) < 4.78 is 0.